The predicted molar refractivity (Wildman–Crippen MR) is 60.8 cm³/mol. The first-order chi connectivity index (χ1) is 8.06. The van der Waals surface area contributed by atoms with Crippen molar-refractivity contribution < 1.29 is 9.59 Å². The first kappa shape index (κ1) is 11.6. The van der Waals surface area contributed by atoms with Crippen molar-refractivity contribution in [2.75, 3.05) is 6.54 Å². The van der Waals surface area contributed by atoms with Crippen LogP contribution in [0, 0.1) is 0 Å². The first-order valence-corrected chi connectivity index (χ1v) is 5.62. The molecule has 6 nitrogen and oxygen atoms in total. The maximum atomic E-state index is 12.0. The van der Waals surface area contributed by atoms with Crippen molar-refractivity contribution in [2.45, 2.75) is 25.9 Å². The van der Waals surface area contributed by atoms with Gasteiger partial charge >= 0.3 is 0 Å². The molecule has 0 bridgehead atoms. The Morgan fingerprint density at radius 2 is 2.29 bits per heavy atom. The fourth-order valence-corrected chi connectivity index (χ4v) is 1.93. The average molecular weight is 236 g/mol. The Labute approximate surface area is 99.6 Å². The number of rotatable bonds is 2. The molecule has 2 heterocycles. The summed E-state index contributed by atoms with van der Waals surface area (Å²) in [4.78, 5) is 25.0. The lowest BCUT2D eigenvalue weighted by molar-refractivity contribution is -0.133. The highest BCUT2D eigenvalue weighted by Crippen LogP contribution is 2.09. The van der Waals surface area contributed by atoms with Gasteiger partial charge in [-0.1, -0.05) is 0 Å². The van der Waals surface area contributed by atoms with Crippen LogP contribution < -0.4 is 5.32 Å². The Balaban J connectivity index is 2.08. The van der Waals surface area contributed by atoms with Gasteiger partial charge in [0, 0.05) is 38.3 Å². The molecule has 6 heteroatoms. The number of carbonyl (C=O) groups is 2. The number of hydrogen-bond acceptors (Lipinski definition) is 3. The van der Waals surface area contributed by atoms with Gasteiger partial charge in [-0.2, -0.15) is 5.10 Å². The molecule has 0 radical (unpaired) electrons. The summed E-state index contributed by atoms with van der Waals surface area (Å²) < 4.78 is 1.70. The van der Waals surface area contributed by atoms with Gasteiger partial charge in [-0.25, -0.2) is 0 Å². The third-order valence-corrected chi connectivity index (χ3v) is 2.80. The maximum absolute atomic E-state index is 12.0. The monoisotopic (exact) mass is 236 g/mol. The molecule has 1 aliphatic rings. The highest BCUT2D eigenvalue weighted by molar-refractivity contribution is 5.89. The second kappa shape index (κ2) is 4.57. The standard InChI is InChI=1S/C11H16N4O2/c1-8-11(17)15(4-3-10(16)13-8)7-9-5-12-14(2)6-9/h5-6,8H,3-4,7H2,1-2H3,(H,13,16). The zero-order chi connectivity index (χ0) is 12.4. The Kier molecular flexibility index (Phi) is 3.12. The molecule has 1 aromatic heterocycles. The fraction of sp³-hybridized carbons (Fsp3) is 0.545. The Morgan fingerprint density at radius 1 is 1.53 bits per heavy atom. The molecule has 92 valence electrons. The van der Waals surface area contributed by atoms with Crippen LogP contribution in [0.3, 0.4) is 0 Å². The van der Waals surface area contributed by atoms with Gasteiger partial charge in [0.2, 0.25) is 11.8 Å². The summed E-state index contributed by atoms with van der Waals surface area (Å²) in [5, 5.41) is 6.72. The van der Waals surface area contributed by atoms with E-state index in [-0.39, 0.29) is 11.8 Å². The van der Waals surface area contributed by atoms with E-state index in [9.17, 15) is 9.59 Å². The Hall–Kier alpha value is -1.85. The van der Waals surface area contributed by atoms with Crippen LogP contribution in [0.2, 0.25) is 0 Å². The summed E-state index contributed by atoms with van der Waals surface area (Å²) in [7, 11) is 1.83. The number of hydrogen-bond donors (Lipinski definition) is 1. The molecule has 0 spiro atoms. The molecule has 2 amide bonds. The van der Waals surface area contributed by atoms with Crippen LogP contribution in [0.4, 0.5) is 0 Å². The van der Waals surface area contributed by atoms with Gasteiger partial charge in [0.1, 0.15) is 6.04 Å². The van der Waals surface area contributed by atoms with Gasteiger partial charge in [-0.3, -0.25) is 14.3 Å². The number of nitrogens with one attached hydrogen (secondary N) is 1. The van der Waals surface area contributed by atoms with Gasteiger partial charge in [0.05, 0.1) is 6.20 Å². The lowest BCUT2D eigenvalue weighted by atomic mass is 10.2. The van der Waals surface area contributed by atoms with Crippen molar-refractivity contribution in [2.24, 2.45) is 7.05 Å². The van der Waals surface area contributed by atoms with Crippen LogP contribution in [-0.4, -0.2) is 39.1 Å². The van der Waals surface area contributed by atoms with Crippen molar-refractivity contribution in [3.05, 3.63) is 18.0 Å². The number of aromatic nitrogens is 2. The van der Waals surface area contributed by atoms with E-state index in [1.807, 2.05) is 13.2 Å². The molecule has 1 atom stereocenters. The Bertz CT molecular complexity index is 440. The van der Waals surface area contributed by atoms with Crippen molar-refractivity contribution in [1.82, 2.24) is 20.0 Å². The lowest BCUT2D eigenvalue weighted by Crippen LogP contribution is -2.42. The maximum Gasteiger partial charge on any atom is 0.245 e. The highest BCUT2D eigenvalue weighted by atomic mass is 16.2. The summed E-state index contributed by atoms with van der Waals surface area (Å²) in [5.41, 5.74) is 0.974. The quantitative estimate of drug-likeness (QED) is 0.763. The molecule has 1 unspecified atom stereocenters. The van der Waals surface area contributed by atoms with Crippen LogP contribution in [0.15, 0.2) is 12.4 Å². The summed E-state index contributed by atoms with van der Waals surface area (Å²) in [6, 6.07) is -0.443. The van der Waals surface area contributed by atoms with E-state index in [4.69, 9.17) is 0 Å². The second-order valence-corrected chi connectivity index (χ2v) is 4.32. The van der Waals surface area contributed by atoms with E-state index in [1.54, 1.807) is 22.7 Å². The minimum atomic E-state index is -0.443. The van der Waals surface area contributed by atoms with Crippen LogP contribution >= 0.6 is 0 Å². The van der Waals surface area contributed by atoms with E-state index in [0.717, 1.165) is 5.56 Å². The van der Waals surface area contributed by atoms with Crippen LogP contribution in [0.5, 0.6) is 0 Å². The van der Waals surface area contributed by atoms with Gasteiger partial charge in [-0.15, -0.1) is 0 Å². The first-order valence-electron chi connectivity index (χ1n) is 5.62. The second-order valence-electron chi connectivity index (χ2n) is 4.32. The zero-order valence-electron chi connectivity index (χ0n) is 10.0. The average Bonchev–Trinajstić information content (AvgIpc) is 2.64. The topological polar surface area (TPSA) is 67.2 Å². The summed E-state index contributed by atoms with van der Waals surface area (Å²) in [5.74, 6) is -0.112. The summed E-state index contributed by atoms with van der Waals surface area (Å²) in [6.07, 6.45) is 3.96. The van der Waals surface area contributed by atoms with E-state index >= 15 is 0 Å². The summed E-state index contributed by atoms with van der Waals surface area (Å²) in [6.45, 7) is 2.68. The minimum absolute atomic E-state index is 0.0419. The molecule has 1 aliphatic heterocycles. The minimum Gasteiger partial charge on any atom is -0.345 e. The van der Waals surface area contributed by atoms with Gasteiger partial charge in [0.25, 0.3) is 0 Å². The predicted octanol–water partition coefficient (Wildman–Crippen LogP) is -0.343. The number of amides is 2. The number of nitrogens with zero attached hydrogens (tertiary/aromatic N) is 3. The van der Waals surface area contributed by atoms with E-state index in [2.05, 4.69) is 10.4 Å². The molecule has 1 N–H and O–H groups in total. The molecule has 1 fully saturated rings. The SMILES string of the molecule is CC1NC(=O)CCN(Cc2cnn(C)c2)C1=O. The number of aryl methyl sites for hydroxylation is 1. The van der Waals surface area contributed by atoms with E-state index < -0.39 is 6.04 Å². The molecule has 0 aromatic carbocycles. The molecule has 0 saturated carbocycles. The molecule has 2 rings (SSSR count). The molecular weight excluding hydrogens is 220 g/mol. The van der Waals surface area contributed by atoms with Crippen LogP contribution in [0.25, 0.3) is 0 Å². The van der Waals surface area contributed by atoms with Crippen molar-refractivity contribution in [3.63, 3.8) is 0 Å². The largest absolute Gasteiger partial charge is 0.345 e. The normalized spacial score (nSPS) is 21.3. The smallest absolute Gasteiger partial charge is 0.245 e. The Morgan fingerprint density at radius 3 is 2.94 bits per heavy atom. The molecule has 1 saturated heterocycles. The third-order valence-electron chi connectivity index (χ3n) is 2.80. The number of carbonyl (C=O) groups excluding carboxylic acids is 2. The fourth-order valence-electron chi connectivity index (χ4n) is 1.93. The van der Waals surface area contributed by atoms with Crippen molar-refractivity contribution >= 4 is 11.8 Å². The third kappa shape index (κ3) is 2.64. The molecule has 1 aromatic rings. The molecule has 17 heavy (non-hydrogen) atoms. The van der Waals surface area contributed by atoms with Crippen molar-refractivity contribution in [1.29, 1.82) is 0 Å². The van der Waals surface area contributed by atoms with E-state index in [0.29, 0.717) is 19.5 Å². The van der Waals surface area contributed by atoms with E-state index in [1.165, 1.54) is 0 Å². The summed E-state index contributed by atoms with van der Waals surface area (Å²) >= 11 is 0. The van der Waals surface area contributed by atoms with Gasteiger partial charge in [-0.05, 0) is 6.92 Å². The highest BCUT2D eigenvalue weighted by Gasteiger charge is 2.26. The van der Waals surface area contributed by atoms with Crippen LogP contribution in [-0.2, 0) is 23.2 Å². The molecular formula is C11H16N4O2. The van der Waals surface area contributed by atoms with Gasteiger partial charge < -0.3 is 10.2 Å². The van der Waals surface area contributed by atoms with Gasteiger partial charge in [0.15, 0.2) is 0 Å². The lowest BCUT2D eigenvalue weighted by Gasteiger charge is -2.21. The van der Waals surface area contributed by atoms with Crippen LogP contribution in [0.1, 0.15) is 18.9 Å². The van der Waals surface area contributed by atoms with Crippen molar-refractivity contribution in [3.8, 4) is 0 Å². The zero-order valence-corrected chi connectivity index (χ0v) is 10.0. The molecule has 0 aliphatic carbocycles.